The van der Waals surface area contributed by atoms with Crippen molar-refractivity contribution >= 4 is 0 Å². The van der Waals surface area contributed by atoms with Crippen LogP contribution in [0.3, 0.4) is 0 Å². The lowest BCUT2D eigenvalue weighted by atomic mass is 10.1. The van der Waals surface area contributed by atoms with Crippen molar-refractivity contribution in [2.24, 2.45) is 0 Å². The van der Waals surface area contributed by atoms with Crippen molar-refractivity contribution in [2.75, 3.05) is 33.4 Å². The Morgan fingerprint density at radius 3 is 2.86 bits per heavy atom. The first kappa shape index (κ1) is 20.8. The van der Waals surface area contributed by atoms with Gasteiger partial charge in [0.1, 0.15) is 5.75 Å². The molecule has 0 saturated carbocycles. The van der Waals surface area contributed by atoms with E-state index in [4.69, 9.17) is 4.74 Å². The zero-order valence-corrected chi connectivity index (χ0v) is 17.5. The fourth-order valence-electron chi connectivity index (χ4n) is 4.06. The second kappa shape index (κ2) is 10.0. The highest BCUT2D eigenvalue weighted by molar-refractivity contribution is 5.28. The highest BCUT2D eigenvalue weighted by Gasteiger charge is 2.27. The normalized spacial score (nSPS) is 18.5. The zero-order chi connectivity index (χ0) is 19.9. The molecular formula is C22H34N4O2. The smallest absolute Gasteiger partial charge is 0.119 e. The van der Waals surface area contributed by atoms with Crippen molar-refractivity contribution in [2.45, 2.75) is 52.4 Å². The van der Waals surface area contributed by atoms with Gasteiger partial charge in [0.05, 0.1) is 13.3 Å². The standard InChI is InChI=1S/C22H34N4O2/c1-4-9-26-18(2)20(14-23-26)16-24-10-11-25(21(17-24)8-12-27)15-19-6-5-7-22(13-19)28-3/h5-7,13-14,21,27H,4,8-12,15-17H2,1-3H3/t21-/m1/s1. The van der Waals surface area contributed by atoms with Gasteiger partial charge < -0.3 is 9.84 Å². The van der Waals surface area contributed by atoms with Crippen LogP contribution in [0.25, 0.3) is 0 Å². The molecule has 6 nitrogen and oxygen atoms in total. The van der Waals surface area contributed by atoms with E-state index in [1.54, 1.807) is 7.11 Å². The van der Waals surface area contributed by atoms with E-state index in [1.807, 2.05) is 18.3 Å². The van der Waals surface area contributed by atoms with E-state index >= 15 is 0 Å². The Balaban J connectivity index is 1.63. The van der Waals surface area contributed by atoms with Crippen LogP contribution >= 0.6 is 0 Å². The van der Waals surface area contributed by atoms with Gasteiger partial charge in [-0.1, -0.05) is 19.1 Å². The van der Waals surface area contributed by atoms with Crippen molar-refractivity contribution in [1.82, 2.24) is 19.6 Å². The molecule has 1 aliphatic rings. The number of hydrogen-bond donors (Lipinski definition) is 1. The predicted octanol–water partition coefficient (Wildman–Crippen LogP) is 2.68. The van der Waals surface area contributed by atoms with Crippen molar-refractivity contribution in [3.05, 3.63) is 47.3 Å². The predicted molar refractivity (Wildman–Crippen MR) is 111 cm³/mol. The number of benzene rings is 1. The van der Waals surface area contributed by atoms with Crippen LogP contribution in [0.1, 0.15) is 36.6 Å². The molecule has 0 radical (unpaired) electrons. The van der Waals surface area contributed by atoms with Gasteiger partial charge in [-0.05, 0) is 37.5 Å². The van der Waals surface area contributed by atoms with Crippen LogP contribution in [-0.2, 0) is 19.6 Å². The summed E-state index contributed by atoms with van der Waals surface area (Å²) in [5.74, 6) is 0.898. The summed E-state index contributed by atoms with van der Waals surface area (Å²) < 4.78 is 7.47. The maximum atomic E-state index is 9.59. The maximum Gasteiger partial charge on any atom is 0.119 e. The molecule has 0 aliphatic carbocycles. The molecule has 0 unspecified atom stereocenters. The maximum absolute atomic E-state index is 9.59. The van der Waals surface area contributed by atoms with Crippen molar-refractivity contribution in [3.63, 3.8) is 0 Å². The molecule has 3 rings (SSSR count). The van der Waals surface area contributed by atoms with Gasteiger partial charge in [0, 0.05) is 63.2 Å². The van der Waals surface area contributed by atoms with Crippen LogP contribution in [0, 0.1) is 6.92 Å². The molecule has 1 fully saturated rings. The Hall–Kier alpha value is -1.89. The van der Waals surface area contributed by atoms with Gasteiger partial charge >= 0.3 is 0 Å². The number of aliphatic hydroxyl groups is 1. The first-order valence-electron chi connectivity index (χ1n) is 10.4. The quantitative estimate of drug-likeness (QED) is 0.718. The average molecular weight is 387 g/mol. The van der Waals surface area contributed by atoms with Crippen LogP contribution < -0.4 is 4.74 Å². The first-order chi connectivity index (χ1) is 13.6. The minimum Gasteiger partial charge on any atom is -0.497 e. The van der Waals surface area contributed by atoms with E-state index in [-0.39, 0.29) is 6.61 Å². The lowest BCUT2D eigenvalue weighted by Gasteiger charge is -2.41. The minimum absolute atomic E-state index is 0.223. The second-order valence-electron chi connectivity index (χ2n) is 7.70. The molecule has 1 saturated heterocycles. The number of rotatable bonds is 9. The van der Waals surface area contributed by atoms with E-state index in [1.165, 1.54) is 16.8 Å². The number of methoxy groups -OCH3 is 1. The highest BCUT2D eigenvalue weighted by atomic mass is 16.5. The summed E-state index contributed by atoms with van der Waals surface area (Å²) in [7, 11) is 1.71. The van der Waals surface area contributed by atoms with Crippen LogP contribution in [0.4, 0.5) is 0 Å². The number of aryl methyl sites for hydroxylation is 1. The summed E-state index contributed by atoms with van der Waals surface area (Å²) in [6.45, 7) is 10.4. The number of aliphatic hydroxyl groups excluding tert-OH is 1. The third-order valence-corrected chi connectivity index (χ3v) is 5.71. The Morgan fingerprint density at radius 2 is 2.11 bits per heavy atom. The first-order valence-corrected chi connectivity index (χ1v) is 10.4. The van der Waals surface area contributed by atoms with E-state index in [0.717, 1.165) is 57.9 Å². The largest absolute Gasteiger partial charge is 0.497 e. The second-order valence-corrected chi connectivity index (χ2v) is 7.70. The van der Waals surface area contributed by atoms with Gasteiger partial charge in [-0.3, -0.25) is 14.5 Å². The monoisotopic (exact) mass is 386 g/mol. The number of nitrogens with zero attached hydrogens (tertiary/aromatic N) is 4. The Labute approximate surface area is 168 Å². The lowest BCUT2D eigenvalue weighted by Crippen LogP contribution is -2.52. The van der Waals surface area contributed by atoms with Crippen molar-refractivity contribution < 1.29 is 9.84 Å². The molecule has 2 aromatic rings. The zero-order valence-electron chi connectivity index (χ0n) is 17.5. The van der Waals surface area contributed by atoms with Crippen LogP contribution in [0.15, 0.2) is 30.5 Å². The highest BCUT2D eigenvalue weighted by Crippen LogP contribution is 2.21. The van der Waals surface area contributed by atoms with Gasteiger partial charge in [0.2, 0.25) is 0 Å². The summed E-state index contributed by atoms with van der Waals surface area (Å²) in [5, 5.41) is 14.1. The van der Waals surface area contributed by atoms with Crippen LogP contribution in [0.2, 0.25) is 0 Å². The summed E-state index contributed by atoms with van der Waals surface area (Å²) in [6, 6.07) is 8.64. The fraction of sp³-hybridized carbons (Fsp3) is 0.591. The topological polar surface area (TPSA) is 53.8 Å². The number of aromatic nitrogens is 2. The van der Waals surface area contributed by atoms with Crippen molar-refractivity contribution in [1.29, 1.82) is 0 Å². The molecule has 0 bridgehead atoms. The lowest BCUT2D eigenvalue weighted by molar-refractivity contribution is 0.0498. The summed E-state index contributed by atoms with van der Waals surface area (Å²) in [6.07, 6.45) is 3.92. The van der Waals surface area contributed by atoms with Crippen LogP contribution in [-0.4, -0.2) is 64.1 Å². The number of hydrogen-bond acceptors (Lipinski definition) is 5. The molecule has 1 aromatic carbocycles. The molecule has 1 aromatic heterocycles. The molecule has 2 heterocycles. The molecule has 0 spiro atoms. The summed E-state index contributed by atoms with van der Waals surface area (Å²) >= 11 is 0. The average Bonchev–Trinajstić information content (AvgIpc) is 3.04. The number of piperazine rings is 1. The third kappa shape index (κ3) is 5.13. The van der Waals surface area contributed by atoms with Gasteiger partial charge in [-0.15, -0.1) is 0 Å². The molecule has 1 aliphatic heterocycles. The molecule has 1 atom stereocenters. The minimum atomic E-state index is 0.223. The van der Waals surface area contributed by atoms with Gasteiger partial charge in [0.25, 0.3) is 0 Å². The summed E-state index contributed by atoms with van der Waals surface area (Å²) in [4.78, 5) is 5.00. The Kier molecular flexibility index (Phi) is 7.48. The Morgan fingerprint density at radius 1 is 1.25 bits per heavy atom. The molecule has 28 heavy (non-hydrogen) atoms. The molecule has 6 heteroatoms. The van der Waals surface area contributed by atoms with E-state index in [0.29, 0.717) is 6.04 Å². The number of ether oxygens (including phenoxy) is 1. The fourth-order valence-corrected chi connectivity index (χ4v) is 4.06. The van der Waals surface area contributed by atoms with E-state index in [2.05, 4.69) is 45.6 Å². The van der Waals surface area contributed by atoms with Gasteiger partial charge in [-0.25, -0.2) is 0 Å². The van der Waals surface area contributed by atoms with Gasteiger partial charge in [0.15, 0.2) is 0 Å². The Bertz CT molecular complexity index is 746. The van der Waals surface area contributed by atoms with E-state index < -0.39 is 0 Å². The van der Waals surface area contributed by atoms with Gasteiger partial charge in [-0.2, -0.15) is 5.10 Å². The van der Waals surface area contributed by atoms with Crippen LogP contribution in [0.5, 0.6) is 5.75 Å². The molecule has 154 valence electrons. The molecule has 1 N–H and O–H groups in total. The van der Waals surface area contributed by atoms with Crippen molar-refractivity contribution in [3.8, 4) is 5.75 Å². The van der Waals surface area contributed by atoms with E-state index in [9.17, 15) is 5.11 Å². The molecular weight excluding hydrogens is 352 g/mol. The summed E-state index contributed by atoms with van der Waals surface area (Å²) in [5.41, 5.74) is 3.85. The third-order valence-electron chi connectivity index (χ3n) is 5.71. The molecule has 0 amide bonds. The SMILES string of the molecule is CCCn1ncc(CN2CCN(Cc3cccc(OC)c3)[C@H](CCO)C2)c1C.